The molecule has 0 saturated carbocycles. The van der Waals surface area contributed by atoms with Gasteiger partial charge in [0.2, 0.25) is 0 Å². The number of nitriles is 1. The van der Waals surface area contributed by atoms with Gasteiger partial charge in [0.25, 0.3) is 5.91 Å². The Labute approximate surface area is 192 Å². The second kappa shape index (κ2) is 10.2. The first-order valence-corrected chi connectivity index (χ1v) is 10.7. The third-order valence-electron chi connectivity index (χ3n) is 4.23. The molecule has 0 bridgehead atoms. The van der Waals surface area contributed by atoms with E-state index in [-0.39, 0.29) is 5.57 Å². The van der Waals surface area contributed by atoms with Crippen LogP contribution in [0, 0.1) is 18.3 Å². The molecule has 30 heavy (non-hydrogen) atoms. The highest BCUT2D eigenvalue weighted by molar-refractivity contribution is 9.10. The maximum absolute atomic E-state index is 12.4. The summed E-state index contributed by atoms with van der Waals surface area (Å²) < 4.78 is 7.45. The van der Waals surface area contributed by atoms with E-state index >= 15 is 0 Å². The van der Waals surface area contributed by atoms with Gasteiger partial charge in [0.05, 0.1) is 4.47 Å². The fraction of sp³-hybridized carbons (Fsp3) is 0.0833. The Hall–Kier alpha value is -2.88. The fourth-order valence-corrected chi connectivity index (χ4v) is 3.56. The van der Waals surface area contributed by atoms with Crippen LogP contribution in [0.3, 0.4) is 0 Å². The lowest BCUT2D eigenvalue weighted by Gasteiger charge is -2.09. The maximum atomic E-state index is 12.4. The Morgan fingerprint density at radius 1 is 1.10 bits per heavy atom. The molecule has 0 aliphatic carbocycles. The van der Waals surface area contributed by atoms with Crippen molar-refractivity contribution in [2.45, 2.75) is 13.5 Å². The zero-order valence-corrected chi connectivity index (χ0v) is 19.3. The van der Waals surface area contributed by atoms with Gasteiger partial charge in [0.15, 0.2) is 0 Å². The topological polar surface area (TPSA) is 62.1 Å². The van der Waals surface area contributed by atoms with Crippen LogP contribution < -0.4 is 10.1 Å². The van der Waals surface area contributed by atoms with Crippen molar-refractivity contribution in [3.05, 3.63) is 97.9 Å². The number of nitrogens with one attached hydrogen (secondary N) is 1. The number of carbonyl (C=O) groups is 1. The molecule has 0 aromatic heterocycles. The van der Waals surface area contributed by atoms with Crippen molar-refractivity contribution in [1.82, 2.24) is 0 Å². The minimum Gasteiger partial charge on any atom is -0.488 e. The molecule has 0 fully saturated rings. The Morgan fingerprint density at radius 2 is 1.87 bits per heavy atom. The lowest BCUT2D eigenvalue weighted by molar-refractivity contribution is -0.112. The molecule has 0 aliphatic heterocycles. The highest BCUT2D eigenvalue weighted by atomic mass is 79.9. The van der Waals surface area contributed by atoms with E-state index in [4.69, 9.17) is 4.74 Å². The average Bonchev–Trinajstić information content (AvgIpc) is 2.72. The van der Waals surface area contributed by atoms with E-state index < -0.39 is 5.91 Å². The summed E-state index contributed by atoms with van der Waals surface area (Å²) in [4.78, 5) is 12.4. The van der Waals surface area contributed by atoms with Gasteiger partial charge in [-0.05, 0) is 70.4 Å². The van der Waals surface area contributed by atoms with Gasteiger partial charge < -0.3 is 10.1 Å². The zero-order valence-electron chi connectivity index (χ0n) is 16.2. The predicted octanol–water partition coefficient (Wildman–Crippen LogP) is 6.64. The molecule has 6 heteroatoms. The minimum atomic E-state index is -0.466. The third-order valence-corrected chi connectivity index (χ3v) is 5.34. The van der Waals surface area contributed by atoms with E-state index in [1.54, 1.807) is 24.3 Å². The van der Waals surface area contributed by atoms with Crippen LogP contribution in [-0.4, -0.2) is 5.91 Å². The van der Waals surface area contributed by atoms with Gasteiger partial charge in [-0.15, -0.1) is 0 Å². The van der Waals surface area contributed by atoms with Gasteiger partial charge in [-0.2, -0.15) is 5.26 Å². The molecule has 150 valence electrons. The van der Waals surface area contributed by atoms with Crippen molar-refractivity contribution in [2.75, 3.05) is 5.32 Å². The molecule has 0 aliphatic rings. The zero-order chi connectivity index (χ0) is 21.5. The highest BCUT2D eigenvalue weighted by Crippen LogP contribution is 2.28. The van der Waals surface area contributed by atoms with Gasteiger partial charge in [-0.25, -0.2) is 0 Å². The largest absolute Gasteiger partial charge is 0.488 e. The Morgan fingerprint density at radius 3 is 2.53 bits per heavy atom. The van der Waals surface area contributed by atoms with Crippen molar-refractivity contribution < 1.29 is 9.53 Å². The summed E-state index contributed by atoms with van der Waals surface area (Å²) in [5.74, 6) is 0.219. The van der Waals surface area contributed by atoms with Gasteiger partial charge >= 0.3 is 0 Å². The van der Waals surface area contributed by atoms with Crippen LogP contribution >= 0.6 is 31.9 Å². The number of hydrogen-bond donors (Lipinski definition) is 1. The van der Waals surface area contributed by atoms with Crippen LogP contribution in [0.4, 0.5) is 5.69 Å². The molecule has 0 spiro atoms. The van der Waals surface area contributed by atoms with Crippen LogP contribution in [0.25, 0.3) is 6.08 Å². The average molecular weight is 526 g/mol. The number of aryl methyl sites for hydroxylation is 1. The normalized spacial score (nSPS) is 10.9. The molecule has 3 rings (SSSR count). The summed E-state index contributed by atoms with van der Waals surface area (Å²) in [6, 6.07) is 22.7. The Kier molecular flexibility index (Phi) is 7.45. The number of benzene rings is 3. The molecule has 3 aromatic carbocycles. The van der Waals surface area contributed by atoms with Crippen LogP contribution in [0.15, 0.2) is 81.2 Å². The molecular formula is C24H18Br2N2O2. The van der Waals surface area contributed by atoms with E-state index in [0.717, 1.165) is 14.5 Å². The van der Waals surface area contributed by atoms with E-state index in [1.165, 1.54) is 5.56 Å². The standard InChI is InChI=1S/C24H18Br2N2O2/c1-16-5-7-17(8-6-16)15-30-23-10-9-18(12-22(23)26)11-19(14-27)24(29)28-21-4-2-3-20(25)13-21/h2-13H,15H2,1H3,(H,28,29)/b19-11-. The van der Waals surface area contributed by atoms with Gasteiger partial charge in [-0.3, -0.25) is 4.79 Å². The second-order valence-corrected chi connectivity index (χ2v) is 8.37. The summed E-state index contributed by atoms with van der Waals surface area (Å²) in [6.07, 6.45) is 1.54. The summed E-state index contributed by atoms with van der Waals surface area (Å²) in [6.45, 7) is 2.49. The first-order valence-electron chi connectivity index (χ1n) is 9.11. The van der Waals surface area contributed by atoms with Crippen molar-refractivity contribution in [2.24, 2.45) is 0 Å². The van der Waals surface area contributed by atoms with E-state index in [2.05, 4.69) is 37.2 Å². The molecule has 0 saturated heterocycles. The lowest BCUT2D eigenvalue weighted by Crippen LogP contribution is -2.13. The monoisotopic (exact) mass is 524 g/mol. The quantitative estimate of drug-likeness (QED) is 0.289. The molecular weight excluding hydrogens is 508 g/mol. The first-order chi connectivity index (χ1) is 14.4. The third kappa shape index (κ3) is 6.06. The van der Waals surface area contributed by atoms with Crippen molar-refractivity contribution in [3.8, 4) is 11.8 Å². The second-order valence-electron chi connectivity index (χ2n) is 6.60. The van der Waals surface area contributed by atoms with Gasteiger partial charge in [0.1, 0.15) is 24.0 Å². The smallest absolute Gasteiger partial charge is 0.266 e. The fourth-order valence-electron chi connectivity index (χ4n) is 2.65. The number of anilines is 1. The molecule has 1 amide bonds. The highest BCUT2D eigenvalue weighted by Gasteiger charge is 2.11. The van der Waals surface area contributed by atoms with Crippen molar-refractivity contribution in [1.29, 1.82) is 5.26 Å². The number of carbonyl (C=O) groups excluding carboxylic acids is 1. The van der Waals surface area contributed by atoms with Crippen LogP contribution in [-0.2, 0) is 11.4 Å². The molecule has 4 nitrogen and oxygen atoms in total. The number of amides is 1. The number of nitrogens with zero attached hydrogens (tertiary/aromatic N) is 1. The number of hydrogen-bond acceptors (Lipinski definition) is 3. The van der Waals surface area contributed by atoms with E-state index in [9.17, 15) is 10.1 Å². The van der Waals surface area contributed by atoms with Crippen molar-refractivity contribution >= 4 is 49.5 Å². The summed E-state index contributed by atoms with van der Waals surface area (Å²) in [7, 11) is 0. The molecule has 0 unspecified atom stereocenters. The molecule has 0 radical (unpaired) electrons. The molecule has 1 N–H and O–H groups in total. The summed E-state index contributed by atoms with van der Waals surface area (Å²) in [5, 5.41) is 12.1. The molecule has 0 heterocycles. The van der Waals surface area contributed by atoms with Crippen LogP contribution in [0.1, 0.15) is 16.7 Å². The van der Waals surface area contributed by atoms with Gasteiger partial charge in [-0.1, -0.05) is 57.9 Å². The van der Waals surface area contributed by atoms with Crippen LogP contribution in [0.2, 0.25) is 0 Å². The lowest BCUT2D eigenvalue weighted by atomic mass is 10.1. The Balaban J connectivity index is 1.70. The minimum absolute atomic E-state index is 0.00944. The number of halogens is 2. The number of rotatable bonds is 6. The number of ether oxygens (including phenoxy) is 1. The van der Waals surface area contributed by atoms with E-state index in [1.807, 2.05) is 61.5 Å². The summed E-state index contributed by atoms with van der Waals surface area (Å²) in [5.41, 5.74) is 3.61. The Bertz CT molecular complexity index is 1130. The first kappa shape index (κ1) is 21.8. The van der Waals surface area contributed by atoms with Crippen molar-refractivity contribution in [3.63, 3.8) is 0 Å². The molecule has 3 aromatic rings. The van der Waals surface area contributed by atoms with Crippen LogP contribution in [0.5, 0.6) is 5.75 Å². The molecule has 0 atom stereocenters. The predicted molar refractivity (Wildman–Crippen MR) is 126 cm³/mol. The maximum Gasteiger partial charge on any atom is 0.266 e. The SMILES string of the molecule is Cc1ccc(COc2ccc(/C=C(/C#N)C(=O)Nc3cccc(Br)c3)cc2Br)cc1. The van der Waals surface area contributed by atoms with E-state index in [0.29, 0.717) is 23.6 Å². The summed E-state index contributed by atoms with van der Waals surface area (Å²) >= 11 is 6.86. The van der Waals surface area contributed by atoms with Gasteiger partial charge in [0, 0.05) is 10.2 Å².